The van der Waals surface area contributed by atoms with Crippen LogP contribution in [0.1, 0.15) is 62.7 Å². The van der Waals surface area contributed by atoms with Gasteiger partial charge in [0.2, 0.25) is 0 Å². The highest BCUT2D eigenvalue weighted by Crippen LogP contribution is 2.25. The van der Waals surface area contributed by atoms with Crippen molar-refractivity contribution >= 4 is 28.4 Å². The van der Waals surface area contributed by atoms with Gasteiger partial charge in [-0.1, -0.05) is 43.3 Å². The van der Waals surface area contributed by atoms with Gasteiger partial charge in [-0.05, 0) is 49.6 Å². The summed E-state index contributed by atoms with van der Waals surface area (Å²) in [5, 5.41) is 1.85. The van der Waals surface area contributed by atoms with Gasteiger partial charge in [0.25, 0.3) is 5.91 Å². The Hall–Kier alpha value is -3.41. The number of ketones is 1. The predicted molar refractivity (Wildman–Crippen MR) is 125 cm³/mol. The number of Topliss-reactive ketones (excluding diaryl/α,β-unsaturated/α-hetero) is 1. The first kappa shape index (κ1) is 23.3. The number of carbonyl (C=O) groups excluding carboxylic acids is 3. The van der Waals surface area contributed by atoms with Crippen molar-refractivity contribution in [1.29, 1.82) is 0 Å². The zero-order chi connectivity index (χ0) is 23.4. The highest BCUT2D eigenvalue weighted by atomic mass is 16.5. The number of amides is 1. The summed E-state index contributed by atoms with van der Waals surface area (Å²) in [4.78, 5) is 40.8. The minimum atomic E-state index is -0.469. The maximum atomic E-state index is 13.5. The highest BCUT2D eigenvalue weighted by Gasteiger charge is 2.28. The minimum Gasteiger partial charge on any atom is -0.464 e. The Balaban J connectivity index is 1.98. The normalized spacial score (nSPS) is 10.9. The zero-order valence-electron chi connectivity index (χ0n) is 19.4. The van der Waals surface area contributed by atoms with Gasteiger partial charge < -0.3 is 14.2 Å². The number of ether oxygens (including phenoxy) is 1. The molecule has 1 heterocycles. The Morgan fingerprint density at radius 3 is 2.34 bits per heavy atom. The van der Waals surface area contributed by atoms with E-state index in [1.807, 2.05) is 57.2 Å². The molecule has 3 rings (SSSR count). The molecule has 0 bridgehead atoms. The second-order valence-corrected chi connectivity index (χ2v) is 7.85. The fourth-order valence-electron chi connectivity index (χ4n) is 4.42. The third-order valence-electron chi connectivity index (χ3n) is 5.88. The van der Waals surface area contributed by atoms with Crippen LogP contribution in [0.25, 0.3) is 10.8 Å². The standard InChI is InChI=1S/C26H30N2O4/c1-6-15-27(25(30)21-14-10-12-19-11-8-9-13-20(19)21)16-22(29)23-17(3)24(26(31)32-5)28(7-2)18(23)4/h8-14H,6-7,15-16H2,1-5H3. The highest BCUT2D eigenvalue weighted by molar-refractivity contribution is 6.10. The Labute approximate surface area is 188 Å². The first-order valence-corrected chi connectivity index (χ1v) is 10.9. The van der Waals surface area contributed by atoms with Crippen molar-refractivity contribution in [3.05, 3.63) is 70.5 Å². The number of rotatable bonds is 8. The summed E-state index contributed by atoms with van der Waals surface area (Å²) in [6.07, 6.45) is 0.727. The molecular formula is C26H30N2O4. The van der Waals surface area contributed by atoms with Gasteiger partial charge in [-0.25, -0.2) is 4.79 Å². The zero-order valence-corrected chi connectivity index (χ0v) is 19.4. The SMILES string of the molecule is CCCN(CC(=O)c1c(C)c(C(=O)OC)n(CC)c1C)C(=O)c1cccc2ccccc12. The van der Waals surface area contributed by atoms with E-state index < -0.39 is 5.97 Å². The van der Waals surface area contributed by atoms with Gasteiger partial charge in [-0.15, -0.1) is 0 Å². The molecule has 6 nitrogen and oxygen atoms in total. The van der Waals surface area contributed by atoms with E-state index in [2.05, 4.69) is 0 Å². The minimum absolute atomic E-state index is 0.0497. The van der Waals surface area contributed by atoms with E-state index in [1.165, 1.54) is 7.11 Å². The third-order valence-corrected chi connectivity index (χ3v) is 5.88. The van der Waals surface area contributed by atoms with Crippen LogP contribution in [-0.4, -0.2) is 47.3 Å². The predicted octanol–water partition coefficient (Wildman–Crippen LogP) is 4.80. The number of hydrogen-bond donors (Lipinski definition) is 0. The molecule has 0 aliphatic rings. The number of nitrogens with zero attached hydrogens (tertiary/aromatic N) is 2. The van der Waals surface area contributed by atoms with Gasteiger partial charge in [0.1, 0.15) is 5.69 Å². The van der Waals surface area contributed by atoms with Gasteiger partial charge >= 0.3 is 5.97 Å². The smallest absolute Gasteiger partial charge is 0.354 e. The summed E-state index contributed by atoms with van der Waals surface area (Å²) in [5.74, 6) is -0.821. The molecule has 1 amide bonds. The lowest BCUT2D eigenvalue weighted by atomic mass is 10.0. The Bertz CT molecular complexity index is 1170. The lowest BCUT2D eigenvalue weighted by Gasteiger charge is -2.22. The van der Waals surface area contributed by atoms with E-state index in [9.17, 15) is 14.4 Å². The van der Waals surface area contributed by atoms with Crippen LogP contribution in [0.15, 0.2) is 42.5 Å². The number of carbonyl (C=O) groups is 3. The Morgan fingerprint density at radius 2 is 1.69 bits per heavy atom. The van der Waals surface area contributed by atoms with Crippen LogP contribution in [0.4, 0.5) is 0 Å². The molecule has 0 fully saturated rings. The molecule has 0 aliphatic heterocycles. The van der Waals surface area contributed by atoms with Crippen molar-refractivity contribution in [2.24, 2.45) is 0 Å². The fraction of sp³-hybridized carbons (Fsp3) is 0.346. The summed E-state index contributed by atoms with van der Waals surface area (Å²) in [7, 11) is 1.33. The summed E-state index contributed by atoms with van der Waals surface area (Å²) >= 11 is 0. The van der Waals surface area contributed by atoms with Crippen LogP contribution in [-0.2, 0) is 11.3 Å². The van der Waals surface area contributed by atoms with E-state index in [0.29, 0.717) is 41.2 Å². The molecule has 0 saturated carbocycles. The molecule has 0 aliphatic carbocycles. The molecule has 0 spiro atoms. The molecule has 2 aromatic carbocycles. The molecule has 32 heavy (non-hydrogen) atoms. The van der Waals surface area contributed by atoms with E-state index in [0.717, 1.165) is 17.2 Å². The average Bonchev–Trinajstić information content (AvgIpc) is 3.06. The van der Waals surface area contributed by atoms with Crippen LogP contribution in [0.3, 0.4) is 0 Å². The molecular weight excluding hydrogens is 404 g/mol. The van der Waals surface area contributed by atoms with Crippen molar-refractivity contribution in [2.75, 3.05) is 20.2 Å². The second-order valence-electron chi connectivity index (χ2n) is 7.85. The number of aromatic nitrogens is 1. The number of fused-ring (bicyclic) bond motifs is 1. The number of esters is 1. The Kier molecular flexibility index (Phi) is 7.13. The number of methoxy groups -OCH3 is 1. The summed E-state index contributed by atoms with van der Waals surface area (Å²) in [6.45, 7) is 8.43. The maximum Gasteiger partial charge on any atom is 0.354 e. The van der Waals surface area contributed by atoms with Crippen LogP contribution in [0, 0.1) is 13.8 Å². The Morgan fingerprint density at radius 1 is 1.00 bits per heavy atom. The van der Waals surface area contributed by atoms with Crippen LogP contribution in [0.2, 0.25) is 0 Å². The largest absolute Gasteiger partial charge is 0.464 e. The third kappa shape index (κ3) is 4.17. The summed E-state index contributed by atoms with van der Waals surface area (Å²) < 4.78 is 6.73. The van der Waals surface area contributed by atoms with Crippen LogP contribution in [0.5, 0.6) is 0 Å². The molecule has 3 aromatic rings. The molecule has 0 N–H and O–H groups in total. The van der Waals surface area contributed by atoms with E-state index in [-0.39, 0.29) is 18.2 Å². The molecule has 0 saturated heterocycles. The van der Waals surface area contributed by atoms with E-state index in [4.69, 9.17) is 4.74 Å². The van der Waals surface area contributed by atoms with Crippen molar-refractivity contribution in [1.82, 2.24) is 9.47 Å². The van der Waals surface area contributed by atoms with Crippen molar-refractivity contribution in [2.45, 2.75) is 40.7 Å². The molecule has 6 heteroatoms. The topological polar surface area (TPSA) is 68.6 Å². The lowest BCUT2D eigenvalue weighted by molar-refractivity contribution is 0.0587. The molecule has 0 atom stereocenters. The van der Waals surface area contributed by atoms with E-state index in [1.54, 1.807) is 22.5 Å². The van der Waals surface area contributed by atoms with Crippen LogP contribution >= 0.6 is 0 Å². The van der Waals surface area contributed by atoms with Gasteiger partial charge in [0.05, 0.1) is 13.7 Å². The fourth-order valence-corrected chi connectivity index (χ4v) is 4.42. The number of hydrogen-bond acceptors (Lipinski definition) is 4. The van der Waals surface area contributed by atoms with Crippen molar-refractivity contribution in [3.63, 3.8) is 0 Å². The molecule has 1 aromatic heterocycles. The van der Waals surface area contributed by atoms with Gasteiger partial charge in [0, 0.05) is 29.9 Å². The van der Waals surface area contributed by atoms with Crippen LogP contribution < -0.4 is 0 Å². The van der Waals surface area contributed by atoms with Crippen molar-refractivity contribution < 1.29 is 19.1 Å². The van der Waals surface area contributed by atoms with Gasteiger partial charge in [-0.2, -0.15) is 0 Å². The summed E-state index contributed by atoms with van der Waals surface area (Å²) in [5.41, 5.74) is 2.76. The monoisotopic (exact) mass is 434 g/mol. The lowest BCUT2D eigenvalue weighted by Crippen LogP contribution is -2.36. The second kappa shape index (κ2) is 9.81. The quantitative estimate of drug-likeness (QED) is 0.377. The van der Waals surface area contributed by atoms with Crippen molar-refractivity contribution in [3.8, 4) is 0 Å². The average molecular weight is 435 g/mol. The first-order valence-electron chi connectivity index (χ1n) is 10.9. The maximum absolute atomic E-state index is 13.5. The molecule has 0 radical (unpaired) electrons. The molecule has 168 valence electrons. The molecule has 0 unspecified atom stereocenters. The van der Waals surface area contributed by atoms with Gasteiger partial charge in [0.15, 0.2) is 5.78 Å². The first-order chi connectivity index (χ1) is 15.3. The van der Waals surface area contributed by atoms with E-state index >= 15 is 0 Å². The summed E-state index contributed by atoms with van der Waals surface area (Å²) in [6, 6.07) is 13.4. The number of benzene rings is 2. The van der Waals surface area contributed by atoms with Gasteiger partial charge in [-0.3, -0.25) is 9.59 Å².